The Morgan fingerprint density at radius 2 is 1.76 bits per heavy atom. The maximum absolute atomic E-state index is 5.94. The number of hydrogen-bond donors (Lipinski definition) is 0. The molecule has 0 aliphatic heterocycles. The summed E-state index contributed by atoms with van der Waals surface area (Å²) in [5.41, 5.74) is 0. The number of hydrogen-bond acceptors (Lipinski definition) is 2. The summed E-state index contributed by atoms with van der Waals surface area (Å²) in [5, 5.41) is 0. The Kier molecular flexibility index (Phi) is 14.2. The molecule has 0 spiro atoms. The van der Waals surface area contributed by atoms with E-state index in [0.717, 1.165) is 36.0 Å². The van der Waals surface area contributed by atoms with Gasteiger partial charge in [0.25, 0.3) is 0 Å². The molecule has 0 saturated heterocycles. The molecular weight excluding hydrogens is 248 g/mol. The first-order valence-electron chi connectivity index (χ1n) is 6.92. The first-order valence-corrected chi connectivity index (χ1v) is 9.87. The van der Waals surface area contributed by atoms with E-state index in [2.05, 4.69) is 20.8 Å². The summed E-state index contributed by atoms with van der Waals surface area (Å²) in [7, 11) is 5.94. The second-order valence-electron chi connectivity index (χ2n) is 5.03. The van der Waals surface area contributed by atoms with E-state index in [1.807, 2.05) is 0 Å². The van der Waals surface area contributed by atoms with Gasteiger partial charge in [-0.1, -0.05) is 33.6 Å². The predicted molar refractivity (Wildman–Crippen MR) is 75.7 cm³/mol. The first kappa shape index (κ1) is 18.0. The molecule has 0 aromatic heterocycles. The number of ether oxygens (including phenoxy) is 2. The Balaban J connectivity index is 3.16. The van der Waals surface area contributed by atoms with Crippen molar-refractivity contribution in [3.05, 3.63) is 0 Å². The molecule has 0 radical (unpaired) electrons. The van der Waals surface area contributed by atoms with Gasteiger partial charge >= 0.3 is 19.3 Å². The van der Waals surface area contributed by atoms with E-state index in [1.54, 1.807) is 0 Å². The molecule has 0 rings (SSSR count). The second-order valence-corrected chi connectivity index (χ2v) is 7.66. The van der Waals surface area contributed by atoms with Gasteiger partial charge in [0, 0.05) is 13.2 Å². The Bertz CT molecular complexity index is 158. The third kappa shape index (κ3) is 13.2. The molecule has 0 aliphatic rings. The SMILES string of the molecule is CCCCOCOCCCC(C)C[CH](C)[Mg][Cl]. The van der Waals surface area contributed by atoms with E-state index in [-0.39, 0.29) is 19.3 Å². The zero-order chi connectivity index (χ0) is 12.9. The Labute approximate surface area is 120 Å². The fraction of sp³-hybridized carbons (Fsp3) is 1.00. The zero-order valence-corrected chi connectivity index (χ0v) is 13.9. The van der Waals surface area contributed by atoms with Gasteiger partial charge in [-0.25, -0.2) is 0 Å². The van der Waals surface area contributed by atoms with Crippen molar-refractivity contribution >= 4 is 28.3 Å². The predicted octanol–water partition coefficient (Wildman–Crippen LogP) is 4.25. The Morgan fingerprint density at radius 1 is 1.12 bits per heavy atom. The summed E-state index contributed by atoms with van der Waals surface area (Å²) in [5.74, 6) is 0.779. The maximum atomic E-state index is 5.94. The van der Waals surface area contributed by atoms with Crippen LogP contribution >= 0.6 is 9.07 Å². The van der Waals surface area contributed by atoms with Crippen molar-refractivity contribution in [1.82, 2.24) is 0 Å². The van der Waals surface area contributed by atoms with E-state index >= 15 is 0 Å². The van der Waals surface area contributed by atoms with Crippen LogP contribution in [0.25, 0.3) is 0 Å². The van der Waals surface area contributed by atoms with E-state index in [1.165, 1.54) is 19.3 Å². The third-order valence-electron chi connectivity index (χ3n) is 2.86. The van der Waals surface area contributed by atoms with Crippen molar-refractivity contribution in [3.63, 3.8) is 0 Å². The molecule has 0 N–H and O–H groups in total. The summed E-state index contributed by atoms with van der Waals surface area (Å²) in [4.78, 5) is 0. The summed E-state index contributed by atoms with van der Waals surface area (Å²) in [6.45, 7) is 8.85. The highest BCUT2D eigenvalue weighted by atomic mass is 35.5. The third-order valence-corrected chi connectivity index (χ3v) is 5.30. The van der Waals surface area contributed by atoms with Crippen LogP contribution in [0.4, 0.5) is 0 Å². The van der Waals surface area contributed by atoms with Crippen LogP contribution in [0, 0.1) is 5.92 Å². The Hall–Kier alpha value is 0.976. The number of unbranched alkanes of at least 4 members (excludes halogenated alkanes) is 1. The molecule has 100 valence electrons. The average Bonchev–Trinajstić information content (AvgIpc) is 2.32. The van der Waals surface area contributed by atoms with Gasteiger partial charge in [-0.3, -0.25) is 0 Å². The van der Waals surface area contributed by atoms with E-state index in [9.17, 15) is 0 Å². The van der Waals surface area contributed by atoms with Crippen LogP contribution in [0.2, 0.25) is 4.05 Å². The molecular formula is C13H27ClMgO2. The minimum Gasteiger partial charge on any atom is -0.355 e. The van der Waals surface area contributed by atoms with Gasteiger partial charge in [-0.05, 0) is 25.2 Å². The molecule has 0 fully saturated rings. The lowest BCUT2D eigenvalue weighted by molar-refractivity contribution is -0.0558. The second kappa shape index (κ2) is 13.4. The van der Waals surface area contributed by atoms with Crippen LogP contribution in [-0.2, 0) is 9.47 Å². The van der Waals surface area contributed by atoms with Gasteiger partial charge in [0.2, 0.25) is 0 Å². The molecule has 0 aromatic rings. The van der Waals surface area contributed by atoms with E-state index < -0.39 is 0 Å². The van der Waals surface area contributed by atoms with E-state index in [4.69, 9.17) is 18.5 Å². The molecule has 2 nitrogen and oxygen atoms in total. The molecule has 0 bridgehead atoms. The van der Waals surface area contributed by atoms with Crippen LogP contribution < -0.4 is 0 Å². The molecule has 17 heavy (non-hydrogen) atoms. The largest absolute Gasteiger partial charge is 0.504 e. The van der Waals surface area contributed by atoms with Crippen molar-refractivity contribution in [1.29, 1.82) is 0 Å². The fourth-order valence-corrected chi connectivity index (χ4v) is 2.90. The van der Waals surface area contributed by atoms with Crippen LogP contribution in [0.1, 0.15) is 52.9 Å². The summed E-state index contributed by atoms with van der Waals surface area (Å²) in [6, 6.07) is 0. The lowest BCUT2D eigenvalue weighted by Gasteiger charge is -2.14. The lowest BCUT2D eigenvalue weighted by Crippen LogP contribution is -2.06. The minimum absolute atomic E-state index is 0.328. The van der Waals surface area contributed by atoms with Crippen molar-refractivity contribution in [2.45, 2.75) is 56.9 Å². The standard InChI is InChI=1S/C13H27O2.ClH.Mg/c1-4-6-10-14-12-15-11-7-9-13(3)8-5-2;;/h5,13H,4,6-12H2,1-3H3;1H;/q;;+1/p-1. The van der Waals surface area contributed by atoms with Gasteiger partial charge in [0.1, 0.15) is 6.79 Å². The van der Waals surface area contributed by atoms with Gasteiger partial charge in [0.15, 0.2) is 0 Å². The minimum atomic E-state index is -0.328. The van der Waals surface area contributed by atoms with Gasteiger partial charge < -0.3 is 18.5 Å². The molecule has 0 saturated carbocycles. The zero-order valence-electron chi connectivity index (χ0n) is 11.7. The van der Waals surface area contributed by atoms with Crippen LogP contribution in [-0.4, -0.2) is 39.3 Å². The van der Waals surface area contributed by atoms with Crippen LogP contribution in [0.5, 0.6) is 0 Å². The Morgan fingerprint density at radius 3 is 2.35 bits per heavy atom. The fourth-order valence-electron chi connectivity index (χ4n) is 1.82. The maximum Gasteiger partial charge on any atom is 0.504 e. The van der Waals surface area contributed by atoms with Crippen LogP contribution in [0.15, 0.2) is 0 Å². The molecule has 0 heterocycles. The van der Waals surface area contributed by atoms with Gasteiger partial charge in [-0.15, -0.1) is 4.05 Å². The normalized spacial score (nSPS) is 14.4. The van der Waals surface area contributed by atoms with Crippen molar-refractivity contribution in [2.75, 3.05) is 20.0 Å². The molecule has 2 unspecified atom stereocenters. The molecule has 2 atom stereocenters. The highest BCUT2D eigenvalue weighted by Crippen LogP contribution is 2.20. The molecule has 0 amide bonds. The van der Waals surface area contributed by atoms with Crippen molar-refractivity contribution in [3.8, 4) is 0 Å². The van der Waals surface area contributed by atoms with Crippen molar-refractivity contribution < 1.29 is 9.47 Å². The molecule has 0 aliphatic carbocycles. The lowest BCUT2D eigenvalue weighted by atomic mass is 10.0. The van der Waals surface area contributed by atoms with E-state index in [0.29, 0.717) is 6.79 Å². The monoisotopic (exact) mass is 274 g/mol. The molecule has 4 heteroatoms. The van der Waals surface area contributed by atoms with Crippen molar-refractivity contribution in [2.24, 2.45) is 5.92 Å². The highest BCUT2D eigenvalue weighted by molar-refractivity contribution is 6.94. The van der Waals surface area contributed by atoms with Gasteiger partial charge in [0.05, 0.1) is 0 Å². The molecule has 0 aromatic carbocycles. The number of halogens is 1. The average molecular weight is 275 g/mol. The first-order chi connectivity index (χ1) is 8.20. The highest BCUT2D eigenvalue weighted by Gasteiger charge is 2.09. The quantitative estimate of drug-likeness (QED) is 0.301. The number of rotatable bonds is 12. The summed E-state index contributed by atoms with van der Waals surface area (Å²) >= 11 is -0.328. The summed E-state index contributed by atoms with van der Waals surface area (Å²) < 4.78 is 11.5. The van der Waals surface area contributed by atoms with Crippen LogP contribution in [0.3, 0.4) is 0 Å². The summed E-state index contributed by atoms with van der Waals surface area (Å²) in [6.07, 6.45) is 5.96. The van der Waals surface area contributed by atoms with Gasteiger partial charge in [-0.2, -0.15) is 0 Å². The smallest absolute Gasteiger partial charge is 0.355 e. The topological polar surface area (TPSA) is 18.5 Å².